The molecule has 2 N–H and O–H groups in total. The monoisotopic (exact) mass is 206 g/mol. The Morgan fingerprint density at radius 1 is 1.20 bits per heavy atom. The van der Waals surface area contributed by atoms with Gasteiger partial charge in [-0.25, -0.2) is 0 Å². The van der Waals surface area contributed by atoms with Gasteiger partial charge in [0, 0.05) is 12.6 Å². The predicted molar refractivity (Wildman–Crippen MR) is 65.9 cm³/mol. The number of hydrogen-bond acceptors (Lipinski definition) is 2. The van der Waals surface area contributed by atoms with Crippen LogP contribution in [-0.2, 0) is 6.54 Å². The van der Waals surface area contributed by atoms with Crippen LogP contribution in [0.4, 0.5) is 0 Å². The Morgan fingerprint density at radius 2 is 1.93 bits per heavy atom. The molecule has 0 radical (unpaired) electrons. The summed E-state index contributed by atoms with van der Waals surface area (Å²) < 4.78 is 0. The van der Waals surface area contributed by atoms with Gasteiger partial charge in [0.2, 0.25) is 0 Å². The summed E-state index contributed by atoms with van der Waals surface area (Å²) in [4.78, 5) is 0. The number of hydrogen-bond donors (Lipinski definition) is 2. The lowest BCUT2D eigenvalue weighted by Crippen LogP contribution is -2.29. The molecule has 84 valence electrons. The van der Waals surface area contributed by atoms with Crippen molar-refractivity contribution >= 4 is 0 Å². The predicted octanol–water partition coefficient (Wildman–Crippen LogP) is 2.16. The maximum Gasteiger partial charge on any atom is 0.0205 e. The lowest BCUT2D eigenvalue weighted by Gasteiger charge is -2.12. The molecule has 0 heterocycles. The van der Waals surface area contributed by atoms with Crippen molar-refractivity contribution in [2.75, 3.05) is 13.1 Å². The zero-order valence-electron chi connectivity index (χ0n) is 9.79. The topological polar surface area (TPSA) is 24.1 Å². The average molecular weight is 206 g/mol. The molecule has 0 aromatic heterocycles. The third-order valence-electron chi connectivity index (χ3n) is 2.48. The summed E-state index contributed by atoms with van der Waals surface area (Å²) in [6.07, 6.45) is 1.18. The molecule has 0 saturated carbocycles. The van der Waals surface area contributed by atoms with Gasteiger partial charge in [-0.1, -0.05) is 37.3 Å². The molecule has 2 heteroatoms. The Bertz CT molecular complexity index is 246. The van der Waals surface area contributed by atoms with E-state index in [2.05, 4.69) is 54.8 Å². The van der Waals surface area contributed by atoms with E-state index in [4.69, 9.17) is 0 Å². The van der Waals surface area contributed by atoms with Crippen LogP contribution < -0.4 is 10.6 Å². The Kier molecular flexibility index (Phi) is 6.05. The van der Waals surface area contributed by atoms with Gasteiger partial charge in [-0.2, -0.15) is 0 Å². The van der Waals surface area contributed by atoms with E-state index in [0.717, 1.165) is 19.6 Å². The van der Waals surface area contributed by atoms with E-state index in [1.54, 1.807) is 0 Å². The lowest BCUT2D eigenvalue weighted by atomic mass is 10.2. The first-order valence-electron chi connectivity index (χ1n) is 5.81. The quantitative estimate of drug-likeness (QED) is 0.668. The highest BCUT2D eigenvalue weighted by atomic mass is 14.9. The van der Waals surface area contributed by atoms with E-state index < -0.39 is 0 Å². The molecule has 15 heavy (non-hydrogen) atoms. The third-order valence-corrected chi connectivity index (χ3v) is 2.48. The summed E-state index contributed by atoms with van der Waals surface area (Å²) >= 11 is 0. The Labute approximate surface area is 93.1 Å². The molecule has 1 unspecified atom stereocenters. The van der Waals surface area contributed by atoms with Crippen molar-refractivity contribution in [3.63, 3.8) is 0 Å². The molecule has 0 bridgehead atoms. The van der Waals surface area contributed by atoms with Crippen molar-refractivity contribution in [1.82, 2.24) is 10.6 Å². The van der Waals surface area contributed by atoms with Crippen LogP contribution in [0.25, 0.3) is 0 Å². The first-order valence-corrected chi connectivity index (χ1v) is 5.81. The second kappa shape index (κ2) is 7.43. The number of benzene rings is 1. The molecule has 0 saturated heterocycles. The minimum Gasteiger partial charge on any atom is -0.314 e. The molecule has 1 atom stereocenters. The highest BCUT2D eigenvalue weighted by molar-refractivity contribution is 5.14. The first-order chi connectivity index (χ1) is 7.33. The Hall–Kier alpha value is -0.860. The van der Waals surface area contributed by atoms with Crippen molar-refractivity contribution in [1.29, 1.82) is 0 Å². The van der Waals surface area contributed by atoms with Gasteiger partial charge in [0.05, 0.1) is 0 Å². The van der Waals surface area contributed by atoms with Crippen LogP contribution in [0, 0.1) is 0 Å². The van der Waals surface area contributed by atoms with Crippen LogP contribution >= 0.6 is 0 Å². The zero-order valence-corrected chi connectivity index (χ0v) is 9.79. The highest BCUT2D eigenvalue weighted by Gasteiger charge is 1.98. The largest absolute Gasteiger partial charge is 0.314 e. The first kappa shape index (κ1) is 12.2. The molecule has 0 aliphatic carbocycles. The van der Waals surface area contributed by atoms with Crippen LogP contribution in [0.3, 0.4) is 0 Å². The van der Waals surface area contributed by atoms with Crippen LogP contribution in [-0.4, -0.2) is 19.1 Å². The van der Waals surface area contributed by atoms with E-state index in [-0.39, 0.29) is 0 Å². The second-order valence-corrected chi connectivity index (χ2v) is 3.91. The molecule has 0 fully saturated rings. The molecule has 1 rings (SSSR count). The SMILES string of the molecule is CCNC(C)CCNCc1ccccc1. The highest BCUT2D eigenvalue weighted by Crippen LogP contribution is 1.97. The second-order valence-electron chi connectivity index (χ2n) is 3.91. The average Bonchev–Trinajstić information content (AvgIpc) is 2.26. The van der Waals surface area contributed by atoms with Gasteiger partial charge in [0.25, 0.3) is 0 Å². The molecule has 1 aromatic carbocycles. The molecule has 1 aromatic rings. The Morgan fingerprint density at radius 3 is 2.60 bits per heavy atom. The van der Waals surface area contributed by atoms with Gasteiger partial charge in [-0.05, 0) is 32.0 Å². The lowest BCUT2D eigenvalue weighted by molar-refractivity contribution is 0.504. The van der Waals surface area contributed by atoms with E-state index in [1.807, 2.05) is 0 Å². The van der Waals surface area contributed by atoms with Crippen LogP contribution in [0.5, 0.6) is 0 Å². The van der Waals surface area contributed by atoms with Crippen molar-refractivity contribution < 1.29 is 0 Å². The number of rotatable bonds is 7. The maximum atomic E-state index is 3.45. The summed E-state index contributed by atoms with van der Waals surface area (Å²) in [5.41, 5.74) is 1.36. The minimum absolute atomic E-state index is 0.610. The van der Waals surface area contributed by atoms with Gasteiger partial charge in [-0.3, -0.25) is 0 Å². The van der Waals surface area contributed by atoms with Gasteiger partial charge >= 0.3 is 0 Å². The van der Waals surface area contributed by atoms with Crippen molar-refractivity contribution in [3.05, 3.63) is 35.9 Å². The van der Waals surface area contributed by atoms with E-state index in [9.17, 15) is 0 Å². The van der Waals surface area contributed by atoms with Crippen molar-refractivity contribution in [2.45, 2.75) is 32.9 Å². The standard InChI is InChI=1S/C13H22N2/c1-3-15-12(2)9-10-14-11-13-7-5-4-6-8-13/h4-8,12,14-15H,3,9-11H2,1-2H3. The summed E-state index contributed by atoms with van der Waals surface area (Å²) in [5.74, 6) is 0. The van der Waals surface area contributed by atoms with Crippen molar-refractivity contribution in [3.8, 4) is 0 Å². The van der Waals surface area contributed by atoms with Crippen molar-refractivity contribution in [2.24, 2.45) is 0 Å². The summed E-state index contributed by atoms with van der Waals surface area (Å²) in [5, 5.41) is 6.86. The Balaban J connectivity index is 2.07. The molecule has 2 nitrogen and oxygen atoms in total. The van der Waals surface area contributed by atoms with E-state index >= 15 is 0 Å². The number of nitrogens with one attached hydrogen (secondary N) is 2. The minimum atomic E-state index is 0.610. The fraction of sp³-hybridized carbons (Fsp3) is 0.538. The summed E-state index contributed by atoms with van der Waals surface area (Å²) in [6.45, 7) is 7.48. The summed E-state index contributed by atoms with van der Waals surface area (Å²) in [6, 6.07) is 11.1. The molecular weight excluding hydrogens is 184 g/mol. The van der Waals surface area contributed by atoms with E-state index in [1.165, 1.54) is 12.0 Å². The normalized spacial score (nSPS) is 12.7. The van der Waals surface area contributed by atoms with Gasteiger partial charge in [0.1, 0.15) is 0 Å². The molecule has 0 aliphatic rings. The van der Waals surface area contributed by atoms with Crippen LogP contribution in [0.1, 0.15) is 25.8 Å². The maximum absolute atomic E-state index is 3.45. The van der Waals surface area contributed by atoms with Gasteiger partial charge in [0.15, 0.2) is 0 Å². The third kappa shape index (κ3) is 5.55. The molecule has 0 spiro atoms. The zero-order chi connectivity index (χ0) is 10.9. The fourth-order valence-corrected chi connectivity index (χ4v) is 1.60. The van der Waals surface area contributed by atoms with Gasteiger partial charge < -0.3 is 10.6 Å². The molecular formula is C13H22N2. The molecule has 0 aliphatic heterocycles. The molecule has 0 amide bonds. The van der Waals surface area contributed by atoms with Gasteiger partial charge in [-0.15, -0.1) is 0 Å². The van der Waals surface area contributed by atoms with Crippen LogP contribution in [0.2, 0.25) is 0 Å². The fourth-order valence-electron chi connectivity index (χ4n) is 1.60. The smallest absolute Gasteiger partial charge is 0.0205 e. The van der Waals surface area contributed by atoms with E-state index in [0.29, 0.717) is 6.04 Å². The summed E-state index contributed by atoms with van der Waals surface area (Å²) in [7, 11) is 0. The van der Waals surface area contributed by atoms with Crippen LogP contribution in [0.15, 0.2) is 30.3 Å².